The van der Waals surface area contributed by atoms with Gasteiger partial charge in [-0.15, -0.1) is 0 Å². The number of carbonyl (C=O) groups is 3. The Hall–Kier alpha value is -5.61. The van der Waals surface area contributed by atoms with Gasteiger partial charge < -0.3 is 34.2 Å². The Balaban J connectivity index is 4.55. The molecular weight excluding hydrogens is 1460 g/mol. The van der Waals surface area contributed by atoms with Crippen molar-refractivity contribution in [2.24, 2.45) is 0 Å². The van der Waals surface area contributed by atoms with E-state index >= 15 is 0 Å². The molecule has 113 heavy (non-hydrogen) atoms. The molecule has 0 saturated carbocycles. The summed E-state index contributed by atoms with van der Waals surface area (Å²) >= 11 is 0. The molecule has 4 N–H and O–H groups in total. The van der Waals surface area contributed by atoms with Crippen LogP contribution >= 0.6 is 15.6 Å². The normalized spacial score (nSPS) is 14.8. The number of allylic oxidation sites excluding steroid dienone is 32. The summed E-state index contributed by atoms with van der Waals surface area (Å²) in [4.78, 5) is 58.8. The fourth-order valence-electron chi connectivity index (χ4n) is 11.3. The zero-order chi connectivity index (χ0) is 82.2. The lowest BCUT2D eigenvalue weighted by molar-refractivity contribution is -0.161. The Morgan fingerprint density at radius 1 is 0.248 bits per heavy atom. The maximum atomic E-state index is 13.0. The van der Waals surface area contributed by atoms with Crippen LogP contribution in [0.2, 0.25) is 0 Å². The van der Waals surface area contributed by atoms with Crippen LogP contribution in [0.25, 0.3) is 0 Å². The van der Waals surface area contributed by atoms with Crippen LogP contribution in [0.3, 0.4) is 0 Å². The van der Waals surface area contributed by atoms with E-state index in [1.807, 2.05) is 0 Å². The number of hydrogen-bond acceptors (Lipinski definition) is 14. The third kappa shape index (κ3) is 87.1. The van der Waals surface area contributed by atoms with Crippen molar-refractivity contribution >= 4 is 33.6 Å². The van der Waals surface area contributed by atoms with Crippen molar-refractivity contribution in [3.05, 3.63) is 194 Å². The highest BCUT2D eigenvalue weighted by molar-refractivity contribution is 7.47. The molecule has 0 amide bonds. The quantitative estimate of drug-likeness (QED) is 0.0146. The summed E-state index contributed by atoms with van der Waals surface area (Å²) in [5.74, 6) is -1.65. The molecule has 5 unspecified atom stereocenters. The zero-order valence-electron chi connectivity index (χ0n) is 70.5. The van der Waals surface area contributed by atoms with E-state index in [-0.39, 0.29) is 19.3 Å². The van der Waals surface area contributed by atoms with Crippen LogP contribution in [0.5, 0.6) is 0 Å². The molecule has 0 radical (unpaired) electrons. The molecule has 642 valence electrons. The molecule has 5 atom stereocenters. The predicted molar refractivity (Wildman–Crippen MR) is 472 cm³/mol. The van der Waals surface area contributed by atoms with Crippen LogP contribution in [0.1, 0.15) is 329 Å². The van der Waals surface area contributed by atoms with Crippen molar-refractivity contribution < 1.29 is 75.8 Å². The lowest BCUT2D eigenvalue weighted by Gasteiger charge is -2.21. The first-order valence-corrected chi connectivity index (χ1v) is 46.7. The highest BCUT2D eigenvalue weighted by Gasteiger charge is 2.29. The predicted octanol–water partition coefficient (Wildman–Crippen LogP) is 26.7. The summed E-state index contributed by atoms with van der Waals surface area (Å²) in [5.41, 5.74) is 0. The first kappa shape index (κ1) is 107. The molecule has 0 fully saturated rings. The fourth-order valence-corrected chi connectivity index (χ4v) is 12.9. The lowest BCUT2D eigenvalue weighted by Crippen LogP contribution is -2.30. The summed E-state index contributed by atoms with van der Waals surface area (Å²) in [5, 5.41) is 20.7. The monoisotopic (exact) mass is 1620 g/mol. The SMILES string of the molecule is CC/C=C\C/C=C\C/C=C\C/C=C\C/C=C\C/C=C\CCCCCCC(=O)OCC(COP(=O)(O)OCC(O)COP(=O)(O)OCC(O)COC(=O)CCCCCCCCCCCCCCCCCCCCC/C=C\C/C=C\C/C=C\C/C=C\C/C=C\CC)OC(=O)CCCCC/C=C\C/C=C\C/C=C\C/C=C\C/C=C\CC. The maximum Gasteiger partial charge on any atom is 0.472 e. The number of esters is 3. The molecule has 0 aliphatic carbocycles. The van der Waals surface area contributed by atoms with Crippen LogP contribution in [-0.4, -0.2) is 95.9 Å². The topological polar surface area (TPSA) is 231 Å². The minimum absolute atomic E-state index is 0.0521. The van der Waals surface area contributed by atoms with Gasteiger partial charge in [-0.2, -0.15) is 0 Å². The summed E-state index contributed by atoms with van der Waals surface area (Å²) < 4.78 is 61.3. The summed E-state index contributed by atoms with van der Waals surface area (Å²) in [6.07, 6.45) is 114. The van der Waals surface area contributed by atoms with Crippen LogP contribution < -0.4 is 0 Å². The van der Waals surface area contributed by atoms with Crippen molar-refractivity contribution in [2.45, 2.75) is 347 Å². The van der Waals surface area contributed by atoms with E-state index in [0.717, 1.165) is 167 Å². The number of phosphoric acid groups is 2. The maximum absolute atomic E-state index is 13.0. The molecule has 0 aliphatic rings. The third-order valence-electron chi connectivity index (χ3n) is 17.8. The molecule has 0 bridgehead atoms. The molecule has 0 rings (SSSR count). The molecule has 0 aromatic heterocycles. The lowest BCUT2D eigenvalue weighted by atomic mass is 10.0. The highest BCUT2D eigenvalue weighted by atomic mass is 31.2. The molecule has 18 heteroatoms. The summed E-state index contributed by atoms with van der Waals surface area (Å²) in [6, 6.07) is 0. The van der Waals surface area contributed by atoms with Gasteiger partial charge in [0, 0.05) is 19.3 Å². The van der Waals surface area contributed by atoms with Crippen molar-refractivity contribution in [1.82, 2.24) is 0 Å². The second-order valence-corrected chi connectivity index (χ2v) is 31.5. The molecule has 0 aromatic rings. The van der Waals surface area contributed by atoms with Crippen LogP contribution in [0, 0.1) is 0 Å². The summed E-state index contributed by atoms with van der Waals surface area (Å²) in [6.45, 7) is 2.27. The van der Waals surface area contributed by atoms with Gasteiger partial charge in [0.2, 0.25) is 0 Å². The largest absolute Gasteiger partial charge is 0.472 e. The van der Waals surface area contributed by atoms with E-state index in [1.54, 1.807) is 0 Å². The molecule has 0 aromatic carbocycles. The Labute approximate surface area is 687 Å². The highest BCUT2D eigenvalue weighted by Crippen LogP contribution is 2.45. The zero-order valence-corrected chi connectivity index (χ0v) is 72.3. The number of aliphatic hydroxyl groups excluding tert-OH is 2. The fraction of sp³-hybridized carbons (Fsp3) is 0.632. The molecular formula is C95H156O16P2. The molecule has 0 aliphatic heterocycles. The minimum Gasteiger partial charge on any atom is -0.463 e. The van der Waals surface area contributed by atoms with Crippen LogP contribution in [-0.2, 0) is 55.8 Å². The second kappa shape index (κ2) is 85.8. The van der Waals surface area contributed by atoms with Crippen molar-refractivity contribution in [2.75, 3.05) is 39.6 Å². The smallest absolute Gasteiger partial charge is 0.463 e. The van der Waals surface area contributed by atoms with E-state index in [1.165, 1.54) is 103 Å². The molecule has 0 saturated heterocycles. The van der Waals surface area contributed by atoms with E-state index in [9.17, 15) is 43.5 Å². The number of aliphatic hydroxyl groups is 2. The van der Waals surface area contributed by atoms with E-state index in [0.29, 0.717) is 19.3 Å². The third-order valence-corrected chi connectivity index (χ3v) is 19.7. The minimum atomic E-state index is -4.96. The average Bonchev–Trinajstić information content (AvgIpc) is 0.902. The first-order valence-electron chi connectivity index (χ1n) is 43.7. The van der Waals surface area contributed by atoms with Gasteiger partial charge in [0.05, 0.1) is 26.4 Å². The van der Waals surface area contributed by atoms with E-state index in [4.69, 9.17) is 32.3 Å². The van der Waals surface area contributed by atoms with Crippen molar-refractivity contribution in [3.8, 4) is 0 Å². The van der Waals surface area contributed by atoms with Crippen LogP contribution in [0.4, 0.5) is 0 Å². The number of hydrogen-bond donors (Lipinski definition) is 4. The number of rotatable bonds is 81. The van der Waals surface area contributed by atoms with Gasteiger partial charge >= 0.3 is 33.6 Å². The number of carbonyl (C=O) groups excluding carboxylic acids is 3. The summed E-state index contributed by atoms with van der Waals surface area (Å²) in [7, 11) is -9.83. The van der Waals surface area contributed by atoms with Gasteiger partial charge in [-0.05, 0) is 161 Å². The Bertz CT molecular complexity index is 2830. The van der Waals surface area contributed by atoms with Gasteiger partial charge in [0.25, 0.3) is 0 Å². The van der Waals surface area contributed by atoms with Crippen molar-refractivity contribution in [1.29, 1.82) is 0 Å². The average molecular weight is 1620 g/mol. The van der Waals surface area contributed by atoms with Gasteiger partial charge in [-0.25, -0.2) is 9.13 Å². The number of unbranched alkanes of at least 4 members (excludes halogenated alkanes) is 26. The molecule has 0 heterocycles. The van der Waals surface area contributed by atoms with E-state index in [2.05, 4.69) is 215 Å². The van der Waals surface area contributed by atoms with Gasteiger partial charge in [0.1, 0.15) is 25.4 Å². The van der Waals surface area contributed by atoms with Crippen molar-refractivity contribution in [3.63, 3.8) is 0 Å². The molecule has 16 nitrogen and oxygen atoms in total. The first-order chi connectivity index (χ1) is 55.2. The second-order valence-electron chi connectivity index (χ2n) is 28.5. The van der Waals surface area contributed by atoms with Crippen LogP contribution in [0.15, 0.2) is 194 Å². The Morgan fingerprint density at radius 2 is 0.442 bits per heavy atom. The van der Waals surface area contributed by atoms with Gasteiger partial charge in [0.15, 0.2) is 6.10 Å². The standard InChI is InChI=1S/C95H156O16P2/c1-4-7-10-13-16-19-22-25-28-31-34-36-38-39-40-41-42-43-44-45-46-47-48-49-51-53-55-57-60-63-66-69-72-75-78-81-93(98)105-84-90(96)85-107-112(101,102)108-86-91(97)87-109-113(103,104)110-89-92(111-95(100)83-80-77-74-71-68-65-62-59-54-33-30-27-24-21-18-15-12-9-6-3)88-106-94(99)82-79-76-73-70-67-64-61-58-56-52-50-37-35-32-29-26-23-20-17-14-11-8-5-2/h7-12,16-21,25-30,34-37,39-40,52,54,56,59,61,64-65,68,90-92,96-97H,4-6,13-15,22-24,31-33,38,41-51,53,55,57-58,60,62-63,66-67,69-89H2,1-3H3,(H,101,102)(H,103,104)/b10-7-,11-8-,12-9-,19-16-,20-17-,21-18-,28-25-,29-26-,30-27-,36-34-,37-35-,40-39-,56-52-,59-54-,64-61-,68-65-. The van der Waals surface area contributed by atoms with E-state index < -0.39 is 91.5 Å². The van der Waals surface area contributed by atoms with Gasteiger partial charge in [-0.1, -0.05) is 344 Å². The molecule has 0 spiro atoms. The number of phosphoric ester groups is 2. The van der Waals surface area contributed by atoms with Gasteiger partial charge in [-0.3, -0.25) is 32.5 Å². The Morgan fingerprint density at radius 3 is 0.708 bits per heavy atom. The number of ether oxygens (including phenoxy) is 3. The Kier molecular flexibility index (Phi) is 81.5.